The van der Waals surface area contributed by atoms with E-state index in [9.17, 15) is 14.3 Å². The number of benzene rings is 2. The van der Waals surface area contributed by atoms with Gasteiger partial charge >= 0.3 is 0 Å². The van der Waals surface area contributed by atoms with E-state index in [1.165, 1.54) is 28.3 Å². The van der Waals surface area contributed by atoms with Crippen LogP contribution in [0.1, 0.15) is 22.7 Å². The Morgan fingerprint density at radius 2 is 2.00 bits per heavy atom. The molecular formula is C22H19BrFN3O2. The van der Waals surface area contributed by atoms with Crippen molar-refractivity contribution in [1.29, 1.82) is 0 Å². The fourth-order valence-corrected chi connectivity index (χ4v) is 4.14. The molecule has 0 amide bonds. The number of pyridine rings is 1. The minimum Gasteiger partial charge on any atom is -0.394 e. The normalized spacial score (nSPS) is 15.2. The van der Waals surface area contributed by atoms with Gasteiger partial charge < -0.3 is 15.0 Å². The van der Waals surface area contributed by atoms with Crippen LogP contribution in [0.15, 0.2) is 69.0 Å². The van der Waals surface area contributed by atoms with Crippen LogP contribution in [-0.2, 0) is 6.54 Å². The summed E-state index contributed by atoms with van der Waals surface area (Å²) in [6.45, 7) is 0.418. The molecule has 3 aromatic rings. The van der Waals surface area contributed by atoms with E-state index in [-0.39, 0.29) is 12.2 Å². The Morgan fingerprint density at radius 1 is 1.21 bits per heavy atom. The van der Waals surface area contributed by atoms with E-state index in [0.717, 1.165) is 29.1 Å². The number of aliphatic hydroxyl groups is 1. The number of hydrogen-bond acceptors (Lipinski definition) is 3. The Balaban J connectivity index is 1.72. The van der Waals surface area contributed by atoms with Crippen LogP contribution in [0, 0.1) is 5.82 Å². The van der Waals surface area contributed by atoms with Crippen LogP contribution >= 0.6 is 15.9 Å². The fourth-order valence-electron chi connectivity index (χ4n) is 3.65. The first-order chi connectivity index (χ1) is 14.0. The van der Waals surface area contributed by atoms with Gasteiger partial charge in [0.05, 0.1) is 12.6 Å². The minimum absolute atomic E-state index is 0.273. The number of aromatic nitrogens is 1. The van der Waals surface area contributed by atoms with Gasteiger partial charge in [-0.15, -0.1) is 0 Å². The molecule has 5 nitrogen and oxygen atoms in total. The largest absolute Gasteiger partial charge is 0.394 e. The lowest BCUT2D eigenvalue weighted by Gasteiger charge is -2.19. The standard InChI is InChI=1S/C22H19BrFN3O2/c1-25-22-19-8-13(2-3-15(19)11-26-22)14-4-5-27(21(29)9-14)20(12-28)16-6-17(23)10-18(24)7-16/h2-10,20,28H,11-12H2,1H3,(H,25,26)/t20-/m1/s1. The molecule has 0 saturated carbocycles. The molecule has 0 unspecified atom stereocenters. The maximum Gasteiger partial charge on any atom is 0.251 e. The molecule has 0 fully saturated rings. The summed E-state index contributed by atoms with van der Waals surface area (Å²) >= 11 is 3.26. The van der Waals surface area contributed by atoms with Crippen LogP contribution in [0.2, 0.25) is 0 Å². The summed E-state index contributed by atoms with van der Waals surface area (Å²) in [4.78, 5) is 17.1. The van der Waals surface area contributed by atoms with Gasteiger partial charge in [0.15, 0.2) is 0 Å². The number of fused-ring (bicyclic) bond motifs is 1. The molecule has 1 aliphatic heterocycles. The Bertz CT molecular complexity index is 1150. The van der Waals surface area contributed by atoms with Crippen molar-refractivity contribution in [2.75, 3.05) is 13.7 Å². The van der Waals surface area contributed by atoms with Gasteiger partial charge in [-0.1, -0.05) is 28.1 Å². The molecule has 0 aliphatic carbocycles. The van der Waals surface area contributed by atoms with Gasteiger partial charge in [-0.05, 0) is 52.6 Å². The minimum atomic E-state index is -0.674. The predicted octanol–water partition coefficient (Wildman–Crippen LogP) is 3.48. The van der Waals surface area contributed by atoms with Crippen LogP contribution in [0.25, 0.3) is 11.1 Å². The van der Waals surface area contributed by atoms with Crippen molar-refractivity contribution in [3.05, 3.63) is 92.1 Å². The number of rotatable bonds is 4. The number of hydrogen-bond donors (Lipinski definition) is 2. The van der Waals surface area contributed by atoms with Crippen LogP contribution in [0.5, 0.6) is 0 Å². The average molecular weight is 456 g/mol. The van der Waals surface area contributed by atoms with Crippen molar-refractivity contribution in [3.8, 4) is 11.1 Å². The topological polar surface area (TPSA) is 66.6 Å². The number of aliphatic imine (C=N–C) groups is 1. The molecule has 29 heavy (non-hydrogen) atoms. The predicted molar refractivity (Wildman–Crippen MR) is 115 cm³/mol. The van der Waals surface area contributed by atoms with Crippen molar-refractivity contribution in [3.63, 3.8) is 0 Å². The first kappa shape index (κ1) is 19.5. The van der Waals surface area contributed by atoms with Crippen molar-refractivity contribution in [2.45, 2.75) is 12.6 Å². The molecule has 2 heterocycles. The Labute approximate surface area is 175 Å². The molecule has 4 rings (SSSR count). The third-order valence-electron chi connectivity index (χ3n) is 5.09. The summed E-state index contributed by atoms with van der Waals surface area (Å²) in [7, 11) is 1.74. The van der Waals surface area contributed by atoms with E-state index in [1.807, 2.05) is 24.3 Å². The average Bonchev–Trinajstić information content (AvgIpc) is 3.11. The van der Waals surface area contributed by atoms with Crippen molar-refractivity contribution in [2.24, 2.45) is 4.99 Å². The summed E-state index contributed by atoms with van der Waals surface area (Å²) in [6.07, 6.45) is 1.64. The molecule has 7 heteroatoms. The molecule has 1 atom stereocenters. The number of amidine groups is 1. The van der Waals surface area contributed by atoms with E-state index in [4.69, 9.17) is 0 Å². The molecule has 0 bridgehead atoms. The molecule has 0 saturated heterocycles. The smallest absolute Gasteiger partial charge is 0.251 e. The second-order valence-electron chi connectivity index (χ2n) is 6.86. The van der Waals surface area contributed by atoms with Gasteiger partial charge in [0, 0.05) is 35.9 Å². The second kappa shape index (κ2) is 7.93. The number of aliphatic hydroxyl groups excluding tert-OH is 1. The monoisotopic (exact) mass is 455 g/mol. The van der Waals surface area contributed by atoms with E-state index in [2.05, 4.69) is 26.2 Å². The molecule has 2 N–H and O–H groups in total. The van der Waals surface area contributed by atoms with Crippen molar-refractivity contribution < 1.29 is 9.50 Å². The SMILES string of the molecule is CN=C1NCc2ccc(-c3ccn([C@H](CO)c4cc(F)cc(Br)c4)c(=O)c3)cc21. The zero-order valence-electron chi connectivity index (χ0n) is 15.7. The van der Waals surface area contributed by atoms with Gasteiger partial charge in [0.25, 0.3) is 5.56 Å². The maximum atomic E-state index is 13.8. The molecule has 1 aromatic heterocycles. The van der Waals surface area contributed by atoms with Gasteiger partial charge in [-0.2, -0.15) is 0 Å². The second-order valence-corrected chi connectivity index (χ2v) is 7.78. The first-order valence-corrected chi connectivity index (χ1v) is 9.93. The van der Waals surface area contributed by atoms with E-state index in [1.54, 1.807) is 19.3 Å². The number of halogens is 2. The maximum absolute atomic E-state index is 13.8. The summed E-state index contributed by atoms with van der Waals surface area (Å²) in [5, 5.41) is 13.1. The fraction of sp³-hybridized carbons (Fsp3) is 0.182. The quantitative estimate of drug-likeness (QED) is 0.632. The highest BCUT2D eigenvalue weighted by molar-refractivity contribution is 9.10. The lowest BCUT2D eigenvalue weighted by molar-refractivity contribution is 0.246. The third-order valence-corrected chi connectivity index (χ3v) is 5.55. The lowest BCUT2D eigenvalue weighted by Crippen LogP contribution is -2.27. The highest BCUT2D eigenvalue weighted by atomic mass is 79.9. The Morgan fingerprint density at radius 3 is 2.69 bits per heavy atom. The van der Waals surface area contributed by atoms with Gasteiger partial charge in [-0.25, -0.2) is 4.39 Å². The zero-order valence-corrected chi connectivity index (χ0v) is 17.3. The molecule has 2 aromatic carbocycles. The number of nitrogens with one attached hydrogen (secondary N) is 1. The highest BCUT2D eigenvalue weighted by Crippen LogP contribution is 2.26. The van der Waals surface area contributed by atoms with Crippen LogP contribution < -0.4 is 10.9 Å². The van der Waals surface area contributed by atoms with E-state index < -0.39 is 11.9 Å². The van der Waals surface area contributed by atoms with Crippen LogP contribution in [0.4, 0.5) is 4.39 Å². The molecular weight excluding hydrogens is 437 g/mol. The van der Waals surface area contributed by atoms with E-state index >= 15 is 0 Å². The zero-order chi connectivity index (χ0) is 20.5. The molecule has 0 radical (unpaired) electrons. The molecule has 0 spiro atoms. The highest BCUT2D eigenvalue weighted by Gasteiger charge is 2.19. The Hall–Kier alpha value is -2.77. The Kier molecular flexibility index (Phi) is 5.34. The van der Waals surface area contributed by atoms with Crippen molar-refractivity contribution in [1.82, 2.24) is 9.88 Å². The van der Waals surface area contributed by atoms with Gasteiger partial charge in [-0.3, -0.25) is 9.79 Å². The molecule has 1 aliphatic rings. The van der Waals surface area contributed by atoms with Gasteiger partial charge in [0.1, 0.15) is 11.7 Å². The third kappa shape index (κ3) is 3.75. The van der Waals surface area contributed by atoms with Crippen LogP contribution in [-0.4, -0.2) is 29.2 Å². The molecule has 148 valence electrons. The van der Waals surface area contributed by atoms with E-state index in [0.29, 0.717) is 10.0 Å². The van der Waals surface area contributed by atoms with Gasteiger partial charge in [0.2, 0.25) is 0 Å². The first-order valence-electron chi connectivity index (χ1n) is 9.13. The summed E-state index contributed by atoms with van der Waals surface area (Å²) < 4.78 is 15.7. The summed E-state index contributed by atoms with van der Waals surface area (Å²) in [6, 6.07) is 13.1. The van der Waals surface area contributed by atoms with Crippen molar-refractivity contribution >= 4 is 21.8 Å². The van der Waals surface area contributed by atoms with Crippen LogP contribution in [0.3, 0.4) is 0 Å². The summed E-state index contributed by atoms with van der Waals surface area (Å²) in [5.74, 6) is 0.407. The number of nitrogens with zero attached hydrogens (tertiary/aromatic N) is 2. The summed E-state index contributed by atoms with van der Waals surface area (Å²) in [5.41, 5.74) is 4.12. The lowest BCUT2D eigenvalue weighted by atomic mass is 10.0.